The van der Waals surface area contributed by atoms with Gasteiger partial charge in [0.2, 0.25) is 11.8 Å². The Morgan fingerprint density at radius 1 is 1.38 bits per heavy atom. The first kappa shape index (κ1) is 18.3. The van der Waals surface area contributed by atoms with Crippen molar-refractivity contribution in [2.45, 2.75) is 6.42 Å². The molecule has 3 atom stereocenters. The fourth-order valence-corrected chi connectivity index (χ4v) is 3.97. The predicted molar refractivity (Wildman–Crippen MR) is 98.6 cm³/mol. The summed E-state index contributed by atoms with van der Waals surface area (Å²) in [6.07, 6.45) is 1.69. The predicted octanol–water partition coefficient (Wildman–Crippen LogP) is 0.645. The zero-order chi connectivity index (χ0) is 18.8. The highest BCUT2D eigenvalue weighted by atomic mass is 32.1. The molecule has 0 spiro atoms. The molecule has 0 bridgehead atoms. The smallest absolute Gasteiger partial charge is 0.249 e. The summed E-state index contributed by atoms with van der Waals surface area (Å²) in [5.74, 6) is 0.182. The number of aliphatic hydroxyl groups is 1. The van der Waals surface area contributed by atoms with Gasteiger partial charge in [0.15, 0.2) is 0 Å². The molecule has 3 unspecified atom stereocenters. The summed E-state index contributed by atoms with van der Waals surface area (Å²) in [7, 11) is 1.54. The normalized spacial score (nSPS) is 24.1. The van der Waals surface area contributed by atoms with Gasteiger partial charge >= 0.3 is 0 Å². The van der Waals surface area contributed by atoms with Gasteiger partial charge in [0, 0.05) is 24.0 Å². The molecule has 2 amide bonds. The number of fused-ring (bicyclic) bond motifs is 1. The Labute approximate surface area is 156 Å². The lowest BCUT2D eigenvalue weighted by Crippen LogP contribution is -2.28. The van der Waals surface area contributed by atoms with E-state index in [2.05, 4.69) is 5.32 Å². The van der Waals surface area contributed by atoms with Gasteiger partial charge in [-0.2, -0.15) is 0 Å². The van der Waals surface area contributed by atoms with E-state index in [-0.39, 0.29) is 43.3 Å². The summed E-state index contributed by atoms with van der Waals surface area (Å²) in [6.45, 7) is 0.0534. The number of aliphatic hydroxyl groups excluding tert-OH is 1. The third-order valence-electron chi connectivity index (χ3n) is 4.64. The van der Waals surface area contributed by atoms with Crippen LogP contribution < -0.4 is 20.5 Å². The summed E-state index contributed by atoms with van der Waals surface area (Å²) >= 11 is 5.31. The van der Waals surface area contributed by atoms with Crippen molar-refractivity contribution in [3.05, 3.63) is 29.8 Å². The number of allylic oxidation sites excluding steroid dienone is 1. The van der Waals surface area contributed by atoms with Crippen molar-refractivity contribution in [2.75, 3.05) is 20.3 Å². The van der Waals surface area contributed by atoms with E-state index in [0.29, 0.717) is 22.1 Å². The lowest BCUT2D eigenvalue weighted by molar-refractivity contribution is -0.118. The molecule has 1 saturated carbocycles. The summed E-state index contributed by atoms with van der Waals surface area (Å²) in [5, 5.41) is 11.6. The van der Waals surface area contributed by atoms with E-state index < -0.39 is 5.91 Å². The van der Waals surface area contributed by atoms with E-state index in [1.54, 1.807) is 25.3 Å². The Bertz CT molecular complexity index is 792. The van der Waals surface area contributed by atoms with Crippen LogP contribution in [0.15, 0.2) is 24.3 Å². The van der Waals surface area contributed by atoms with Gasteiger partial charge in [0.05, 0.1) is 18.7 Å². The highest BCUT2D eigenvalue weighted by Gasteiger charge is 2.56. The van der Waals surface area contributed by atoms with Gasteiger partial charge < -0.3 is 25.6 Å². The van der Waals surface area contributed by atoms with Gasteiger partial charge in [-0.15, -0.1) is 0 Å². The fraction of sp³-hybridized carbons (Fsp3) is 0.389. The summed E-state index contributed by atoms with van der Waals surface area (Å²) in [4.78, 5) is 24.0. The van der Waals surface area contributed by atoms with Gasteiger partial charge in [-0.05, 0) is 35.6 Å². The molecule has 1 aliphatic heterocycles. The van der Waals surface area contributed by atoms with Gasteiger partial charge in [-0.1, -0.05) is 12.2 Å². The van der Waals surface area contributed by atoms with Crippen LogP contribution in [0.4, 0.5) is 0 Å². The van der Waals surface area contributed by atoms with Gasteiger partial charge in [0.1, 0.15) is 18.1 Å². The fourth-order valence-electron chi connectivity index (χ4n) is 3.54. The molecular formula is C18H20N2O5S. The van der Waals surface area contributed by atoms with Crippen LogP contribution in [0.5, 0.6) is 11.5 Å². The van der Waals surface area contributed by atoms with Crippen LogP contribution in [0, 0.1) is 17.8 Å². The molecule has 1 fully saturated rings. The van der Waals surface area contributed by atoms with Crippen LogP contribution in [0.3, 0.4) is 0 Å². The number of amides is 2. The van der Waals surface area contributed by atoms with Crippen LogP contribution in [0.1, 0.15) is 12.0 Å². The van der Waals surface area contributed by atoms with Crippen molar-refractivity contribution in [1.82, 2.24) is 5.32 Å². The number of carbonyl (C=O) groups excluding carboxylic acids is 2. The third kappa shape index (κ3) is 3.56. The maximum Gasteiger partial charge on any atom is 0.249 e. The average molecular weight is 376 g/mol. The summed E-state index contributed by atoms with van der Waals surface area (Å²) in [6, 6.07) is 5.23. The van der Waals surface area contributed by atoms with E-state index >= 15 is 0 Å². The van der Waals surface area contributed by atoms with Gasteiger partial charge in [-0.25, -0.2) is 0 Å². The number of hydrogen-bond acceptors (Lipinski definition) is 6. The number of hydrogen-bond donors (Lipinski definition) is 3. The topological polar surface area (TPSA) is 111 Å². The molecule has 4 N–H and O–H groups in total. The van der Waals surface area contributed by atoms with Crippen LogP contribution >= 0.6 is 12.2 Å². The Morgan fingerprint density at radius 2 is 2.15 bits per heavy atom. The van der Waals surface area contributed by atoms with Gasteiger partial charge in [-0.3, -0.25) is 9.59 Å². The summed E-state index contributed by atoms with van der Waals surface area (Å²) in [5.41, 5.74) is 6.80. The van der Waals surface area contributed by atoms with Crippen LogP contribution in [-0.2, 0) is 9.59 Å². The Hall–Kier alpha value is -2.45. The van der Waals surface area contributed by atoms with Crippen LogP contribution in [0.25, 0.3) is 5.57 Å². The summed E-state index contributed by atoms with van der Waals surface area (Å²) < 4.78 is 10.9. The molecule has 0 aromatic heterocycles. The SMILES string of the molecule is COc1ccc(OCCO)cc1C1=CC(=O)NC(=S)C2C(CC(N)=O)C12. The first-order valence-corrected chi connectivity index (χ1v) is 8.64. The highest BCUT2D eigenvalue weighted by molar-refractivity contribution is 7.80. The minimum Gasteiger partial charge on any atom is -0.496 e. The van der Waals surface area contributed by atoms with Crippen molar-refractivity contribution >= 4 is 34.6 Å². The van der Waals surface area contributed by atoms with E-state index in [0.717, 1.165) is 5.57 Å². The molecule has 1 heterocycles. The van der Waals surface area contributed by atoms with Crippen molar-refractivity contribution in [2.24, 2.45) is 23.5 Å². The molecule has 0 saturated heterocycles. The molecule has 1 aliphatic carbocycles. The molecule has 2 aliphatic rings. The standard InChI is InChI=1S/C18H20N2O5S/c1-24-13-3-2-9(25-5-4-21)6-10(13)11-8-15(23)20-18(26)17-12(16(11)17)7-14(19)22/h2-3,6,8,12,16-17,21H,4-5,7H2,1H3,(H2,19,22)(H,20,23,26). The molecule has 7 nitrogen and oxygen atoms in total. The van der Waals surface area contributed by atoms with Crippen molar-refractivity contribution < 1.29 is 24.2 Å². The molecule has 1 aromatic carbocycles. The van der Waals surface area contributed by atoms with E-state index in [1.165, 1.54) is 6.08 Å². The second-order valence-electron chi connectivity index (χ2n) is 6.27. The minimum absolute atomic E-state index is 0.0430. The number of carbonyl (C=O) groups is 2. The quantitative estimate of drug-likeness (QED) is 0.603. The zero-order valence-electron chi connectivity index (χ0n) is 14.2. The van der Waals surface area contributed by atoms with Crippen LogP contribution in [0.2, 0.25) is 0 Å². The third-order valence-corrected chi connectivity index (χ3v) is 5.02. The maximum absolute atomic E-state index is 12.2. The average Bonchev–Trinajstić information content (AvgIpc) is 3.31. The molecular weight excluding hydrogens is 356 g/mol. The number of primary amides is 1. The van der Waals surface area contributed by atoms with Crippen LogP contribution in [-0.4, -0.2) is 42.2 Å². The van der Waals surface area contributed by atoms with Crippen molar-refractivity contribution in [1.29, 1.82) is 0 Å². The number of benzene rings is 1. The number of rotatable bonds is 7. The van der Waals surface area contributed by atoms with Crippen molar-refractivity contribution in [3.8, 4) is 11.5 Å². The first-order chi connectivity index (χ1) is 12.5. The molecule has 8 heteroatoms. The second kappa shape index (κ2) is 7.43. The molecule has 138 valence electrons. The highest BCUT2D eigenvalue weighted by Crippen LogP contribution is 2.58. The Kier molecular flexibility index (Phi) is 5.24. The van der Waals surface area contributed by atoms with Gasteiger partial charge in [0.25, 0.3) is 0 Å². The molecule has 26 heavy (non-hydrogen) atoms. The first-order valence-electron chi connectivity index (χ1n) is 8.23. The Morgan fingerprint density at radius 3 is 2.81 bits per heavy atom. The second-order valence-corrected chi connectivity index (χ2v) is 6.71. The zero-order valence-corrected chi connectivity index (χ0v) is 15.0. The molecule has 1 aromatic rings. The number of ether oxygens (including phenoxy) is 2. The number of methoxy groups -OCH3 is 1. The van der Waals surface area contributed by atoms with Crippen molar-refractivity contribution in [3.63, 3.8) is 0 Å². The Balaban J connectivity index is 2.01. The lowest BCUT2D eigenvalue weighted by atomic mass is 9.97. The molecule has 3 rings (SSSR count). The van der Waals surface area contributed by atoms with E-state index in [1.807, 2.05) is 0 Å². The van der Waals surface area contributed by atoms with E-state index in [4.69, 9.17) is 32.5 Å². The monoisotopic (exact) mass is 376 g/mol. The number of nitrogens with one attached hydrogen (secondary N) is 1. The lowest BCUT2D eigenvalue weighted by Gasteiger charge is -2.14. The molecule has 0 radical (unpaired) electrons. The minimum atomic E-state index is -0.399. The number of thiocarbonyl (C=S) groups is 1. The number of nitrogens with two attached hydrogens (primary N) is 1. The maximum atomic E-state index is 12.2. The van der Waals surface area contributed by atoms with E-state index in [9.17, 15) is 9.59 Å². The largest absolute Gasteiger partial charge is 0.496 e.